The molecule has 39 heavy (non-hydrogen) atoms. The minimum absolute atomic E-state index is 0. The van der Waals surface area contributed by atoms with Crippen LogP contribution in [0.25, 0.3) is 0 Å². The first kappa shape index (κ1) is 33.1. The number of thioether (sulfide) groups is 1. The number of nitrogens with zero attached hydrogens (tertiary/aromatic N) is 1. The van der Waals surface area contributed by atoms with E-state index in [4.69, 9.17) is 9.47 Å². The zero-order valence-electron chi connectivity index (χ0n) is 23.6. The highest BCUT2D eigenvalue weighted by molar-refractivity contribution is 8.93. The van der Waals surface area contributed by atoms with Crippen molar-refractivity contribution in [3.63, 3.8) is 0 Å². The first-order valence-corrected chi connectivity index (χ1v) is 15.5. The number of nitrogens with one attached hydrogen (secondary N) is 1. The lowest BCUT2D eigenvalue weighted by Gasteiger charge is -2.18. The van der Waals surface area contributed by atoms with Gasteiger partial charge in [0.1, 0.15) is 11.5 Å². The van der Waals surface area contributed by atoms with Crippen molar-refractivity contribution in [3.8, 4) is 11.5 Å². The molecule has 2 aromatic rings. The Labute approximate surface area is 250 Å². The molecule has 0 fully saturated rings. The maximum atomic E-state index is 12.6. The molecule has 2 aromatic carbocycles. The molecule has 7 heteroatoms. The Morgan fingerprint density at radius 1 is 0.846 bits per heavy atom. The van der Waals surface area contributed by atoms with Gasteiger partial charge in [-0.25, -0.2) is 0 Å². The number of carbonyl (C=O) groups excluding carboxylic acids is 1. The number of anilines is 1. The first-order chi connectivity index (χ1) is 18.7. The second-order valence-corrected chi connectivity index (χ2v) is 10.9. The number of hydrogen-bond acceptors (Lipinski definition) is 5. The fourth-order valence-electron chi connectivity index (χ4n) is 4.53. The van der Waals surface area contributed by atoms with Crippen LogP contribution in [0.1, 0.15) is 89.5 Å². The van der Waals surface area contributed by atoms with Crippen molar-refractivity contribution in [3.05, 3.63) is 65.7 Å². The van der Waals surface area contributed by atoms with Gasteiger partial charge in [-0.2, -0.15) is 0 Å². The molecule has 0 radical (unpaired) electrons. The van der Waals surface area contributed by atoms with Gasteiger partial charge in [0.15, 0.2) is 6.61 Å². The van der Waals surface area contributed by atoms with Crippen LogP contribution in [0.5, 0.6) is 11.5 Å². The first-order valence-electron chi connectivity index (χ1n) is 14.5. The van der Waals surface area contributed by atoms with Crippen LogP contribution in [0.2, 0.25) is 0 Å². The number of unbranched alkanes of at least 4 members (excludes halogenated alkanes) is 11. The molecule has 0 saturated carbocycles. The molecule has 1 heterocycles. The number of halogens is 1. The van der Waals surface area contributed by atoms with E-state index in [0.29, 0.717) is 12.4 Å². The van der Waals surface area contributed by atoms with E-state index in [1.165, 1.54) is 70.6 Å². The zero-order chi connectivity index (χ0) is 26.7. The molecule has 0 saturated heterocycles. The molecule has 0 unspecified atom stereocenters. The number of carbonyl (C=O) groups is 1. The summed E-state index contributed by atoms with van der Waals surface area (Å²) < 4.78 is 11.7. The maximum Gasteiger partial charge on any atom is 0.262 e. The SMILES string of the molecule is Br.CCCCCCCCCCCCCCOc1cccc(OCC(=O)Nc2ccccc2CN2C=CSC2)c1. The van der Waals surface area contributed by atoms with Gasteiger partial charge in [-0.05, 0) is 35.6 Å². The molecule has 1 aliphatic rings. The lowest BCUT2D eigenvalue weighted by Crippen LogP contribution is -2.22. The van der Waals surface area contributed by atoms with E-state index in [0.717, 1.165) is 35.8 Å². The molecular weight excluding hydrogens is 572 g/mol. The predicted octanol–water partition coefficient (Wildman–Crippen LogP) is 9.34. The van der Waals surface area contributed by atoms with Crippen molar-refractivity contribution < 1.29 is 14.3 Å². The molecule has 1 aliphatic heterocycles. The summed E-state index contributed by atoms with van der Waals surface area (Å²) in [5, 5.41) is 5.09. The normalized spacial score (nSPS) is 12.3. The summed E-state index contributed by atoms with van der Waals surface area (Å²) in [5.74, 6) is 2.18. The van der Waals surface area contributed by atoms with Crippen molar-refractivity contribution in [2.75, 3.05) is 24.4 Å². The van der Waals surface area contributed by atoms with Crippen molar-refractivity contribution in [1.82, 2.24) is 4.90 Å². The number of rotatable bonds is 20. The number of benzene rings is 2. The Morgan fingerprint density at radius 2 is 1.49 bits per heavy atom. The van der Waals surface area contributed by atoms with Gasteiger partial charge in [0.2, 0.25) is 0 Å². The van der Waals surface area contributed by atoms with Crippen molar-refractivity contribution >= 4 is 40.3 Å². The van der Waals surface area contributed by atoms with Crippen molar-refractivity contribution in [1.29, 1.82) is 0 Å². The van der Waals surface area contributed by atoms with Crippen LogP contribution in [-0.4, -0.2) is 29.9 Å². The Balaban J connectivity index is 0.00000533. The summed E-state index contributed by atoms with van der Waals surface area (Å²) in [4.78, 5) is 14.8. The van der Waals surface area contributed by atoms with Crippen LogP contribution >= 0.6 is 28.7 Å². The van der Waals surface area contributed by atoms with E-state index < -0.39 is 0 Å². The third-order valence-electron chi connectivity index (χ3n) is 6.72. The number of ether oxygens (including phenoxy) is 2. The maximum absolute atomic E-state index is 12.6. The van der Waals surface area contributed by atoms with E-state index >= 15 is 0 Å². The molecule has 1 N–H and O–H groups in total. The van der Waals surface area contributed by atoms with Crippen LogP contribution in [-0.2, 0) is 11.3 Å². The fraction of sp³-hybridized carbons (Fsp3) is 0.531. The van der Waals surface area contributed by atoms with Gasteiger partial charge < -0.3 is 19.7 Å². The molecule has 5 nitrogen and oxygen atoms in total. The second-order valence-electron chi connectivity index (χ2n) is 10.0. The van der Waals surface area contributed by atoms with Crippen LogP contribution < -0.4 is 14.8 Å². The molecule has 0 aliphatic carbocycles. The lowest BCUT2D eigenvalue weighted by atomic mass is 10.1. The van der Waals surface area contributed by atoms with E-state index in [9.17, 15) is 4.79 Å². The van der Waals surface area contributed by atoms with Crippen LogP contribution in [0.4, 0.5) is 5.69 Å². The number of amides is 1. The topological polar surface area (TPSA) is 50.8 Å². The summed E-state index contributed by atoms with van der Waals surface area (Å²) in [5.41, 5.74) is 1.91. The molecule has 0 atom stereocenters. The Kier molecular flexibility index (Phi) is 17.6. The van der Waals surface area contributed by atoms with Gasteiger partial charge in [-0.15, -0.1) is 28.7 Å². The van der Waals surface area contributed by atoms with E-state index in [1.807, 2.05) is 48.5 Å². The lowest BCUT2D eigenvalue weighted by molar-refractivity contribution is -0.118. The van der Waals surface area contributed by atoms with Crippen LogP contribution in [0, 0.1) is 0 Å². The molecule has 216 valence electrons. The van der Waals surface area contributed by atoms with Crippen molar-refractivity contribution in [2.24, 2.45) is 0 Å². The highest BCUT2D eigenvalue weighted by Gasteiger charge is 2.11. The second kappa shape index (κ2) is 20.7. The smallest absolute Gasteiger partial charge is 0.262 e. The van der Waals surface area contributed by atoms with E-state index in [-0.39, 0.29) is 29.5 Å². The van der Waals surface area contributed by atoms with Gasteiger partial charge in [0, 0.05) is 24.5 Å². The minimum Gasteiger partial charge on any atom is -0.493 e. The van der Waals surface area contributed by atoms with Gasteiger partial charge >= 0.3 is 0 Å². The third kappa shape index (κ3) is 14.2. The Morgan fingerprint density at radius 3 is 2.15 bits per heavy atom. The average Bonchev–Trinajstić information content (AvgIpc) is 3.45. The zero-order valence-corrected chi connectivity index (χ0v) is 26.1. The molecule has 0 spiro atoms. The summed E-state index contributed by atoms with van der Waals surface area (Å²) in [6.07, 6.45) is 18.1. The van der Waals surface area contributed by atoms with Crippen LogP contribution in [0.3, 0.4) is 0 Å². The predicted molar refractivity (Wildman–Crippen MR) is 171 cm³/mol. The van der Waals surface area contributed by atoms with Gasteiger partial charge in [0.05, 0.1) is 12.5 Å². The largest absolute Gasteiger partial charge is 0.493 e. The average molecular weight is 620 g/mol. The van der Waals surface area contributed by atoms with E-state index in [1.54, 1.807) is 11.8 Å². The number of hydrogen-bond donors (Lipinski definition) is 1. The fourth-order valence-corrected chi connectivity index (χ4v) is 5.24. The Bertz CT molecular complexity index is 972. The molecular formula is C32H47BrN2O3S. The number of para-hydroxylation sites is 1. The summed E-state index contributed by atoms with van der Waals surface area (Å²) in [6, 6.07) is 15.5. The monoisotopic (exact) mass is 618 g/mol. The molecule has 0 aromatic heterocycles. The minimum atomic E-state index is -0.174. The highest BCUT2D eigenvalue weighted by atomic mass is 79.9. The Hall–Kier alpha value is -2.12. The van der Waals surface area contributed by atoms with Crippen LogP contribution in [0.15, 0.2) is 60.1 Å². The molecule has 1 amide bonds. The summed E-state index contributed by atoms with van der Waals surface area (Å²) in [7, 11) is 0. The highest BCUT2D eigenvalue weighted by Crippen LogP contribution is 2.23. The van der Waals surface area contributed by atoms with E-state index in [2.05, 4.69) is 28.7 Å². The molecule has 3 rings (SSSR count). The van der Waals surface area contributed by atoms with Gasteiger partial charge in [-0.3, -0.25) is 4.79 Å². The standard InChI is InChI=1S/C32H46N2O3S.BrH/c1-2-3-4-5-6-7-8-9-10-11-12-15-22-36-29-18-16-19-30(24-29)37-26-32(35)33-31-20-14-13-17-28(31)25-34-21-23-38-27-34;/h13-14,16-21,23-24H,2-12,15,22,25-27H2,1H3,(H,33,35);1H. The van der Waals surface area contributed by atoms with Crippen molar-refractivity contribution in [2.45, 2.75) is 90.5 Å². The van der Waals surface area contributed by atoms with Gasteiger partial charge in [0.25, 0.3) is 5.91 Å². The molecule has 0 bridgehead atoms. The summed E-state index contributed by atoms with van der Waals surface area (Å²) >= 11 is 1.77. The third-order valence-corrected chi connectivity index (χ3v) is 7.51. The van der Waals surface area contributed by atoms with Gasteiger partial charge in [-0.1, -0.05) is 102 Å². The summed E-state index contributed by atoms with van der Waals surface area (Å²) in [6.45, 7) is 3.70. The quantitative estimate of drug-likeness (QED) is 0.150.